The number of carbonyl (C=O) groups is 1. The number of ether oxygens (including phenoxy) is 1. The quantitative estimate of drug-likeness (QED) is 0.793. The highest BCUT2D eigenvalue weighted by Crippen LogP contribution is 2.28. The molecule has 0 radical (unpaired) electrons. The van der Waals surface area contributed by atoms with Crippen LogP contribution in [-0.4, -0.2) is 82.7 Å². The first kappa shape index (κ1) is 17.6. The summed E-state index contributed by atoms with van der Waals surface area (Å²) in [5, 5.41) is 2.92. The number of amides is 1. The largest absolute Gasteiger partial charge is 0.490 e. The number of nitrogens with one attached hydrogen (secondary N) is 1. The third kappa shape index (κ3) is 5.11. The summed E-state index contributed by atoms with van der Waals surface area (Å²) >= 11 is 0. The maximum Gasteiger partial charge on any atom is 0.236 e. The van der Waals surface area contributed by atoms with Gasteiger partial charge in [-0.25, -0.2) is 0 Å². The molecule has 2 rings (SSSR count). The Morgan fingerprint density at radius 2 is 1.91 bits per heavy atom. The van der Waals surface area contributed by atoms with E-state index in [4.69, 9.17) is 4.74 Å². The van der Waals surface area contributed by atoms with Crippen molar-refractivity contribution in [1.82, 2.24) is 15.1 Å². The van der Waals surface area contributed by atoms with Crippen molar-refractivity contribution < 1.29 is 9.53 Å². The number of nitrogens with zero attached hydrogens (tertiary/aromatic N) is 3. The molecule has 1 aliphatic rings. The number of likely N-dealkylation sites (N-methyl/N-ethyl adjacent to an activating group) is 2. The summed E-state index contributed by atoms with van der Waals surface area (Å²) in [4.78, 5) is 18.3. The number of para-hydroxylation sites is 2. The van der Waals surface area contributed by atoms with Gasteiger partial charge >= 0.3 is 0 Å². The van der Waals surface area contributed by atoms with E-state index in [1.807, 2.05) is 37.2 Å². The summed E-state index contributed by atoms with van der Waals surface area (Å²) in [6, 6.07) is 8.15. The van der Waals surface area contributed by atoms with Gasteiger partial charge in [-0.15, -0.1) is 0 Å². The Balaban J connectivity index is 1.94. The number of hydrogen-bond donors (Lipinski definition) is 1. The lowest BCUT2D eigenvalue weighted by atomic mass is 10.2. The predicted molar refractivity (Wildman–Crippen MR) is 93.2 cm³/mol. The molecule has 1 heterocycles. The van der Waals surface area contributed by atoms with E-state index in [1.165, 1.54) is 0 Å². The zero-order valence-electron chi connectivity index (χ0n) is 14.4. The molecule has 128 valence electrons. The van der Waals surface area contributed by atoms with Crippen molar-refractivity contribution >= 4 is 11.6 Å². The molecule has 1 amide bonds. The lowest BCUT2D eigenvalue weighted by Crippen LogP contribution is -2.50. The molecule has 0 aromatic heterocycles. The molecule has 6 heteroatoms. The Morgan fingerprint density at radius 3 is 2.57 bits per heavy atom. The molecule has 0 unspecified atom stereocenters. The van der Waals surface area contributed by atoms with E-state index in [9.17, 15) is 4.79 Å². The summed E-state index contributed by atoms with van der Waals surface area (Å²) < 4.78 is 5.94. The van der Waals surface area contributed by atoms with E-state index in [2.05, 4.69) is 21.2 Å². The number of hydrogen-bond acceptors (Lipinski definition) is 5. The molecule has 0 aliphatic carbocycles. The Hall–Kier alpha value is -1.79. The van der Waals surface area contributed by atoms with Crippen LogP contribution in [0.1, 0.15) is 0 Å². The van der Waals surface area contributed by atoms with E-state index in [0.29, 0.717) is 13.2 Å². The van der Waals surface area contributed by atoms with Crippen LogP contribution in [0.2, 0.25) is 0 Å². The van der Waals surface area contributed by atoms with Gasteiger partial charge in [0, 0.05) is 32.7 Å². The summed E-state index contributed by atoms with van der Waals surface area (Å²) in [6.07, 6.45) is 0. The van der Waals surface area contributed by atoms with Crippen LogP contribution in [-0.2, 0) is 4.79 Å². The SMILES string of the molecule is CNCC(=O)N1CCN(c2ccccc2OCCN(C)C)CC1. The second kappa shape index (κ2) is 8.74. The van der Waals surface area contributed by atoms with Crippen LogP contribution in [0.3, 0.4) is 0 Å². The molecule has 0 atom stereocenters. The molecule has 23 heavy (non-hydrogen) atoms. The van der Waals surface area contributed by atoms with Gasteiger partial charge in [0.25, 0.3) is 0 Å². The van der Waals surface area contributed by atoms with Crippen molar-refractivity contribution in [2.45, 2.75) is 0 Å². The number of rotatable bonds is 7. The molecule has 1 aromatic rings. The highest BCUT2D eigenvalue weighted by Gasteiger charge is 2.22. The monoisotopic (exact) mass is 320 g/mol. The third-order valence-corrected chi connectivity index (χ3v) is 3.96. The van der Waals surface area contributed by atoms with Crippen LogP contribution in [0.5, 0.6) is 5.75 Å². The molecular weight excluding hydrogens is 292 g/mol. The van der Waals surface area contributed by atoms with Gasteiger partial charge in [0.1, 0.15) is 12.4 Å². The maximum atomic E-state index is 11.9. The molecule has 1 fully saturated rings. The first-order chi connectivity index (χ1) is 11.1. The van der Waals surface area contributed by atoms with Gasteiger partial charge in [0.05, 0.1) is 12.2 Å². The van der Waals surface area contributed by atoms with E-state index in [1.54, 1.807) is 7.05 Å². The van der Waals surface area contributed by atoms with Gasteiger partial charge in [-0.1, -0.05) is 12.1 Å². The van der Waals surface area contributed by atoms with E-state index in [0.717, 1.165) is 44.2 Å². The summed E-state index contributed by atoms with van der Waals surface area (Å²) in [5.41, 5.74) is 1.12. The molecule has 1 N–H and O–H groups in total. The fourth-order valence-corrected chi connectivity index (χ4v) is 2.64. The Bertz CT molecular complexity index is 499. The van der Waals surface area contributed by atoms with Crippen LogP contribution in [0.25, 0.3) is 0 Å². The number of piperazine rings is 1. The van der Waals surface area contributed by atoms with Crippen LogP contribution in [0, 0.1) is 0 Å². The molecule has 0 saturated carbocycles. The second-order valence-electron chi connectivity index (χ2n) is 6.02. The van der Waals surface area contributed by atoms with Crippen LogP contribution >= 0.6 is 0 Å². The number of carbonyl (C=O) groups excluding carboxylic acids is 1. The smallest absolute Gasteiger partial charge is 0.236 e. The van der Waals surface area contributed by atoms with Gasteiger partial charge < -0.3 is 24.8 Å². The van der Waals surface area contributed by atoms with Gasteiger partial charge in [0.2, 0.25) is 5.91 Å². The van der Waals surface area contributed by atoms with Crippen molar-refractivity contribution in [3.63, 3.8) is 0 Å². The first-order valence-electron chi connectivity index (χ1n) is 8.15. The molecule has 1 aliphatic heterocycles. The van der Waals surface area contributed by atoms with Gasteiger partial charge in [-0.05, 0) is 33.3 Å². The Morgan fingerprint density at radius 1 is 1.22 bits per heavy atom. The van der Waals surface area contributed by atoms with Crippen molar-refractivity contribution in [2.24, 2.45) is 0 Å². The highest BCUT2D eigenvalue weighted by molar-refractivity contribution is 5.78. The molecule has 1 aromatic carbocycles. The average molecular weight is 320 g/mol. The highest BCUT2D eigenvalue weighted by atomic mass is 16.5. The zero-order chi connectivity index (χ0) is 16.7. The lowest BCUT2D eigenvalue weighted by Gasteiger charge is -2.36. The van der Waals surface area contributed by atoms with Gasteiger partial charge in [-0.2, -0.15) is 0 Å². The number of anilines is 1. The summed E-state index contributed by atoms with van der Waals surface area (Å²) in [6.45, 7) is 5.15. The van der Waals surface area contributed by atoms with Crippen molar-refractivity contribution in [2.75, 3.05) is 71.9 Å². The predicted octanol–water partition coefficient (Wildman–Crippen LogP) is 0.495. The minimum atomic E-state index is 0.169. The molecular formula is C17H28N4O2. The second-order valence-corrected chi connectivity index (χ2v) is 6.02. The normalized spacial score (nSPS) is 15.1. The number of benzene rings is 1. The lowest BCUT2D eigenvalue weighted by molar-refractivity contribution is -0.130. The fraction of sp³-hybridized carbons (Fsp3) is 0.588. The Kier molecular flexibility index (Phi) is 6.67. The minimum Gasteiger partial charge on any atom is -0.490 e. The van der Waals surface area contributed by atoms with Crippen molar-refractivity contribution in [3.05, 3.63) is 24.3 Å². The molecule has 0 bridgehead atoms. The van der Waals surface area contributed by atoms with Gasteiger partial charge in [0.15, 0.2) is 0 Å². The van der Waals surface area contributed by atoms with Crippen LogP contribution in [0.4, 0.5) is 5.69 Å². The van der Waals surface area contributed by atoms with E-state index in [-0.39, 0.29) is 5.91 Å². The molecule has 1 saturated heterocycles. The standard InChI is InChI=1S/C17H28N4O2/c1-18-14-17(22)21-10-8-20(9-11-21)15-6-4-5-7-16(15)23-13-12-19(2)3/h4-7,18H,8-14H2,1-3H3. The zero-order valence-corrected chi connectivity index (χ0v) is 14.4. The van der Waals surface area contributed by atoms with Crippen LogP contribution < -0.4 is 15.0 Å². The van der Waals surface area contributed by atoms with E-state index >= 15 is 0 Å². The van der Waals surface area contributed by atoms with Crippen molar-refractivity contribution in [3.8, 4) is 5.75 Å². The fourth-order valence-electron chi connectivity index (χ4n) is 2.64. The van der Waals surface area contributed by atoms with E-state index < -0.39 is 0 Å². The average Bonchev–Trinajstić information content (AvgIpc) is 2.55. The van der Waals surface area contributed by atoms with Gasteiger partial charge in [-0.3, -0.25) is 4.79 Å². The summed E-state index contributed by atoms with van der Waals surface area (Å²) in [7, 11) is 5.88. The maximum absolute atomic E-state index is 11.9. The molecule has 6 nitrogen and oxygen atoms in total. The van der Waals surface area contributed by atoms with Crippen LogP contribution in [0.15, 0.2) is 24.3 Å². The minimum absolute atomic E-state index is 0.169. The molecule has 0 spiro atoms. The topological polar surface area (TPSA) is 48.1 Å². The Labute approximate surface area is 139 Å². The van der Waals surface area contributed by atoms with Crippen molar-refractivity contribution in [1.29, 1.82) is 0 Å². The third-order valence-electron chi connectivity index (χ3n) is 3.96. The summed E-state index contributed by atoms with van der Waals surface area (Å²) in [5.74, 6) is 1.09. The first-order valence-corrected chi connectivity index (χ1v) is 8.15.